The minimum absolute atomic E-state index is 0.0334. The SMILES string of the molecule is COCCn1cc(-c2cccc(CC(=O)O)c2)cn1. The first-order valence-electron chi connectivity index (χ1n) is 6.01. The van der Waals surface area contributed by atoms with E-state index < -0.39 is 5.97 Å². The van der Waals surface area contributed by atoms with E-state index in [9.17, 15) is 4.79 Å². The maximum Gasteiger partial charge on any atom is 0.307 e. The lowest BCUT2D eigenvalue weighted by Gasteiger charge is -2.01. The molecule has 0 aliphatic rings. The number of aliphatic carboxylic acids is 1. The van der Waals surface area contributed by atoms with E-state index in [0.717, 1.165) is 16.7 Å². The highest BCUT2D eigenvalue weighted by Gasteiger charge is 2.05. The molecule has 0 amide bonds. The molecule has 1 aromatic heterocycles. The summed E-state index contributed by atoms with van der Waals surface area (Å²) in [5.41, 5.74) is 2.74. The number of aromatic nitrogens is 2. The topological polar surface area (TPSA) is 64.3 Å². The van der Waals surface area contributed by atoms with Crippen LogP contribution in [0.5, 0.6) is 0 Å². The Morgan fingerprint density at radius 2 is 2.26 bits per heavy atom. The molecule has 2 rings (SSSR count). The van der Waals surface area contributed by atoms with Crippen LogP contribution in [0, 0.1) is 0 Å². The van der Waals surface area contributed by atoms with Gasteiger partial charge < -0.3 is 9.84 Å². The Hall–Kier alpha value is -2.14. The van der Waals surface area contributed by atoms with Gasteiger partial charge in [0, 0.05) is 18.9 Å². The summed E-state index contributed by atoms with van der Waals surface area (Å²) < 4.78 is 6.81. The van der Waals surface area contributed by atoms with Crippen LogP contribution in [0.25, 0.3) is 11.1 Å². The van der Waals surface area contributed by atoms with Gasteiger partial charge in [0.25, 0.3) is 0 Å². The zero-order chi connectivity index (χ0) is 13.7. The lowest BCUT2D eigenvalue weighted by atomic mass is 10.0. The van der Waals surface area contributed by atoms with Gasteiger partial charge in [-0.15, -0.1) is 0 Å². The van der Waals surface area contributed by atoms with Crippen LogP contribution in [0.4, 0.5) is 0 Å². The van der Waals surface area contributed by atoms with Crippen molar-refractivity contribution in [2.45, 2.75) is 13.0 Å². The monoisotopic (exact) mass is 260 g/mol. The standard InChI is InChI=1S/C14H16N2O3/c1-19-6-5-16-10-13(9-15-16)12-4-2-3-11(7-12)8-14(17)18/h2-4,7,9-10H,5-6,8H2,1H3,(H,17,18). The first-order chi connectivity index (χ1) is 9.19. The summed E-state index contributed by atoms with van der Waals surface area (Å²) in [5, 5.41) is 13.0. The minimum Gasteiger partial charge on any atom is -0.481 e. The van der Waals surface area contributed by atoms with Crippen LogP contribution in [0.1, 0.15) is 5.56 Å². The van der Waals surface area contributed by atoms with Gasteiger partial charge >= 0.3 is 5.97 Å². The number of methoxy groups -OCH3 is 1. The van der Waals surface area contributed by atoms with Gasteiger partial charge in [-0.3, -0.25) is 9.48 Å². The lowest BCUT2D eigenvalue weighted by Crippen LogP contribution is -2.03. The van der Waals surface area contributed by atoms with Gasteiger partial charge in [-0.2, -0.15) is 5.10 Å². The third-order valence-corrected chi connectivity index (χ3v) is 2.77. The maximum absolute atomic E-state index is 10.7. The molecule has 5 nitrogen and oxygen atoms in total. The summed E-state index contributed by atoms with van der Waals surface area (Å²) in [5.74, 6) is -0.826. The van der Waals surface area contributed by atoms with E-state index in [1.165, 1.54) is 0 Å². The minimum atomic E-state index is -0.826. The lowest BCUT2D eigenvalue weighted by molar-refractivity contribution is -0.136. The second kappa shape index (κ2) is 6.15. The summed E-state index contributed by atoms with van der Waals surface area (Å²) in [6.07, 6.45) is 3.74. The first kappa shape index (κ1) is 13.3. The van der Waals surface area contributed by atoms with E-state index in [1.807, 2.05) is 35.1 Å². The van der Waals surface area contributed by atoms with E-state index in [4.69, 9.17) is 9.84 Å². The molecule has 0 saturated carbocycles. The molecule has 1 aromatic carbocycles. The van der Waals surface area contributed by atoms with Crippen LogP contribution in [0.15, 0.2) is 36.7 Å². The molecule has 19 heavy (non-hydrogen) atoms. The number of benzene rings is 1. The summed E-state index contributed by atoms with van der Waals surface area (Å²) >= 11 is 0. The molecule has 0 saturated heterocycles. The molecule has 5 heteroatoms. The highest BCUT2D eigenvalue weighted by molar-refractivity contribution is 5.71. The molecule has 0 bridgehead atoms. The van der Waals surface area contributed by atoms with Crippen molar-refractivity contribution in [3.05, 3.63) is 42.2 Å². The third kappa shape index (κ3) is 3.66. The molecule has 0 aliphatic carbocycles. The quantitative estimate of drug-likeness (QED) is 0.860. The van der Waals surface area contributed by atoms with E-state index in [1.54, 1.807) is 13.3 Å². The second-order valence-corrected chi connectivity index (χ2v) is 4.26. The van der Waals surface area contributed by atoms with Gasteiger partial charge in [-0.05, 0) is 11.1 Å². The number of carboxylic acids is 1. The van der Waals surface area contributed by atoms with Crippen LogP contribution in [-0.2, 0) is 22.5 Å². The smallest absolute Gasteiger partial charge is 0.307 e. The molecule has 0 fully saturated rings. The van der Waals surface area contributed by atoms with E-state index in [-0.39, 0.29) is 6.42 Å². The molecule has 0 aliphatic heterocycles. The highest BCUT2D eigenvalue weighted by Crippen LogP contribution is 2.20. The Morgan fingerprint density at radius 3 is 3.00 bits per heavy atom. The molecule has 1 heterocycles. The molecule has 0 radical (unpaired) electrons. The number of rotatable bonds is 6. The van der Waals surface area contributed by atoms with Crippen molar-refractivity contribution in [2.24, 2.45) is 0 Å². The van der Waals surface area contributed by atoms with Crippen molar-refractivity contribution in [1.29, 1.82) is 0 Å². The van der Waals surface area contributed by atoms with Crippen molar-refractivity contribution in [3.63, 3.8) is 0 Å². The number of hydrogen-bond acceptors (Lipinski definition) is 3. The van der Waals surface area contributed by atoms with Gasteiger partial charge in [-0.25, -0.2) is 0 Å². The average Bonchev–Trinajstić information content (AvgIpc) is 2.84. The Balaban J connectivity index is 2.16. The van der Waals surface area contributed by atoms with E-state index >= 15 is 0 Å². The fraction of sp³-hybridized carbons (Fsp3) is 0.286. The normalized spacial score (nSPS) is 10.6. The molecular weight excluding hydrogens is 244 g/mol. The van der Waals surface area contributed by atoms with Crippen molar-refractivity contribution in [3.8, 4) is 11.1 Å². The summed E-state index contributed by atoms with van der Waals surface area (Å²) in [7, 11) is 1.65. The fourth-order valence-corrected chi connectivity index (χ4v) is 1.86. The van der Waals surface area contributed by atoms with Gasteiger partial charge in [0.15, 0.2) is 0 Å². The number of carboxylic acid groups (broad SMARTS) is 1. The fourth-order valence-electron chi connectivity index (χ4n) is 1.86. The second-order valence-electron chi connectivity index (χ2n) is 4.26. The van der Waals surface area contributed by atoms with Crippen LogP contribution >= 0.6 is 0 Å². The Bertz CT molecular complexity index is 563. The number of carbonyl (C=O) groups is 1. The zero-order valence-electron chi connectivity index (χ0n) is 10.7. The summed E-state index contributed by atoms with van der Waals surface area (Å²) in [4.78, 5) is 10.7. The van der Waals surface area contributed by atoms with Crippen molar-refractivity contribution in [2.75, 3.05) is 13.7 Å². The van der Waals surface area contributed by atoms with E-state index in [0.29, 0.717) is 13.2 Å². The van der Waals surface area contributed by atoms with Crippen LogP contribution in [-0.4, -0.2) is 34.6 Å². The highest BCUT2D eigenvalue weighted by atomic mass is 16.5. The summed E-state index contributed by atoms with van der Waals surface area (Å²) in [6.45, 7) is 1.31. The van der Waals surface area contributed by atoms with Gasteiger partial charge in [0.2, 0.25) is 0 Å². The van der Waals surface area contributed by atoms with Crippen molar-refractivity contribution < 1.29 is 14.6 Å². The molecule has 100 valence electrons. The molecular formula is C14H16N2O3. The largest absolute Gasteiger partial charge is 0.481 e. The van der Waals surface area contributed by atoms with Crippen LogP contribution in [0.2, 0.25) is 0 Å². The Kier molecular flexibility index (Phi) is 4.30. The number of ether oxygens (including phenoxy) is 1. The van der Waals surface area contributed by atoms with Crippen molar-refractivity contribution in [1.82, 2.24) is 9.78 Å². The Labute approximate surface area is 111 Å². The molecule has 2 aromatic rings. The van der Waals surface area contributed by atoms with Gasteiger partial charge in [0.05, 0.1) is 25.8 Å². The first-order valence-corrected chi connectivity index (χ1v) is 6.01. The third-order valence-electron chi connectivity index (χ3n) is 2.77. The van der Waals surface area contributed by atoms with Gasteiger partial charge in [-0.1, -0.05) is 24.3 Å². The van der Waals surface area contributed by atoms with Crippen LogP contribution in [0.3, 0.4) is 0 Å². The van der Waals surface area contributed by atoms with Gasteiger partial charge in [0.1, 0.15) is 0 Å². The molecule has 0 atom stereocenters. The van der Waals surface area contributed by atoms with Crippen molar-refractivity contribution >= 4 is 5.97 Å². The molecule has 0 spiro atoms. The summed E-state index contributed by atoms with van der Waals surface area (Å²) in [6, 6.07) is 7.50. The average molecular weight is 260 g/mol. The number of hydrogen-bond donors (Lipinski definition) is 1. The Morgan fingerprint density at radius 1 is 1.42 bits per heavy atom. The van der Waals surface area contributed by atoms with E-state index in [2.05, 4.69) is 5.10 Å². The zero-order valence-corrected chi connectivity index (χ0v) is 10.7. The van der Waals surface area contributed by atoms with Crippen LogP contribution < -0.4 is 0 Å². The predicted molar refractivity (Wildman–Crippen MR) is 70.9 cm³/mol. The maximum atomic E-state index is 10.7. The predicted octanol–water partition coefficient (Wildman–Crippen LogP) is 1.82. The molecule has 1 N–H and O–H groups in total. The molecule has 0 unspecified atom stereocenters. The number of nitrogens with zero attached hydrogens (tertiary/aromatic N) is 2.